The SMILES string of the molecule is CCc1ccc(N[C@@H]2NC(=O)/C(=C/c3cc(C)n(-c4ccc(Br)cc4F)c3C)S2)cc1. The number of rotatable bonds is 5. The Bertz CT molecular complexity index is 1170. The molecule has 4 rings (SSSR count). The van der Waals surface area contributed by atoms with Crippen LogP contribution in [0.5, 0.6) is 0 Å². The Labute approximate surface area is 194 Å². The van der Waals surface area contributed by atoms with Gasteiger partial charge in [0.1, 0.15) is 5.82 Å². The van der Waals surface area contributed by atoms with Gasteiger partial charge >= 0.3 is 0 Å². The molecule has 0 unspecified atom stereocenters. The molecule has 2 aromatic carbocycles. The molecule has 1 fully saturated rings. The first-order valence-electron chi connectivity index (χ1n) is 10.0. The lowest BCUT2D eigenvalue weighted by atomic mass is 10.1. The number of thioether (sulfide) groups is 1. The molecule has 1 saturated heterocycles. The molecule has 7 heteroatoms. The molecular weight excluding hydrogens is 477 g/mol. The van der Waals surface area contributed by atoms with Gasteiger partial charge in [-0.05, 0) is 73.9 Å². The first kappa shape index (κ1) is 21.7. The lowest BCUT2D eigenvalue weighted by Crippen LogP contribution is -2.30. The van der Waals surface area contributed by atoms with Gasteiger partial charge in [0.2, 0.25) is 0 Å². The highest BCUT2D eigenvalue weighted by Gasteiger charge is 2.27. The first-order valence-corrected chi connectivity index (χ1v) is 11.7. The van der Waals surface area contributed by atoms with Crippen LogP contribution in [0.4, 0.5) is 10.1 Å². The van der Waals surface area contributed by atoms with Crippen LogP contribution in [-0.4, -0.2) is 16.0 Å². The van der Waals surface area contributed by atoms with Gasteiger partial charge in [-0.2, -0.15) is 0 Å². The maximum atomic E-state index is 14.5. The van der Waals surface area contributed by atoms with Crippen molar-refractivity contribution in [3.63, 3.8) is 0 Å². The van der Waals surface area contributed by atoms with Crippen molar-refractivity contribution in [2.24, 2.45) is 0 Å². The number of amides is 1. The van der Waals surface area contributed by atoms with E-state index in [4.69, 9.17) is 0 Å². The van der Waals surface area contributed by atoms with E-state index in [0.29, 0.717) is 15.1 Å². The van der Waals surface area contributed by atoms with E-state index in [-0.39, 0.29) is 17.2 Å². The van der Waals surface area contributed by atoms with Crippen molar-refractivity contribution in [3.05, 3.63) is 86.2 Å². The van der Waals surface area contributed by atoms with E-state index in [2.05, 4.69) is 45.6 Å². The van der Waals surface area contributed by atoms with Gasteiger partial charge in [0.25, 0.3) is 5.91 Å². The molecule has 1 amide bonds. The summed E-state index contributed by atoms with van der Waals surface area (Å²) in [6.07, 6.45) is 2.86. The second-order valence-electron chi connectivity index (χ2n) is 7.43. The number of benzene rings is 2. The highest BCUT2D eigenvalue weighted by molar-refractivity contribution is 9.10. The van der Waals surface area contributed by atoms with Crippen LogP contribution in [0.3, 0.4) is 0 Å². The molecule has 0 aliphatic carbocycles. The standard InChI is InChI=1S/C24H23BrFN3OS/c1-4-16-5-8-19(9-6-16)27-24-28-23(30)22(31-24)12-17-11-14(2)29(15(17)3)21-10-7-18(25)13-20(21)26/h5-13,24,27H,4H2,1-3H3,(H,28,30)/b22-12-/t24-/m1/s1. The van der Waals surface area contributed by atoms with Crippen molar-refractivity contribution < 1.29 is 9.18 Å². The first-order chi connectivity index (χ1) is 14.9. The molecule has 1 aliphatic rings. The predicted molar refractivity (Wildman–Crippen MR) is 130 cm³/mol. The maximum Gasteiger partial charge on any atom is 0.260 e. The fraction of sp³-hybridized carbons (Fsp3) is 0.208. The Morgan fingerprint density at radius 2 is 1.94 bits per heavy atom. The third-order valence-corrected chi connectivity index (χ3v) is 6.82. The van der Waals surface area contributed by atoms with E-state index in [1.54, 1.807) is 6.07 Å². The zero-order chi connectivity index (χ0) is 22.1. The molecule has 1 aromatic heterocycles. The number of anilines is 1. The zero-order valence-corrected chi connectivity index (χ0v) is 19.9. The number of hydrogen-bond donors (Lipinski definition) is 2. The predicted octanol–water partition coefficient (Wildman–Crippen LogP) is 6.16. The van der Waals surface area contributed by atoms with Gasteiger partial charge in [-0.1, -0.05) is 46.7 Å². The summed E-state index contributed by atoms with van der Waals surface area (Å²) >= 11 is 4.74. The molecule has 31 heavy (non-hydrogen) atoms. The molecular formula is C24H23BrFN3OS. The second kappa shape index (κ2) is 8.93. The van der Waals surface area contributed by atoms with E-state index < -0.39 is 0 Å². The second-order valence-corrected chi connectivity index (χ2v) is 9.49. The molecule has 1 atom stereocenters. The quantitative estimate of drug-likeness (QED) is 0.413. The molecule has 2 N–H and O–H groups in total. The van der Waals surface area contributed by atoms with Gasteiger partial charge in [0.05, 0.1) is 10.6 Å². The van der Waals surface area contributed by atoms with E-state index in [1.807, 2.05) is 48.8 Å². The number of carbonyl (C=O) groups excluding carboxylic acids is 1. The highest BCUT2D eigenvalue weighted by Crippen LogP contribution is 2.32. The van der Waals surface area contributed by atoms with Crippen LogP contribution in [-0.2, 0) is 11.2 Å². The summed E-state index contributed by atoms with van der Waals surface area (Å²) in [6, 6.07) is 15.2. The van der Waals surface area contributed by atoms with E-state index in [1.165, 1.54) is 23.4 Å². The number of aryl methyl sites for hydroxylation is 2. The summed E-state index contributed by atoms with van der Waals surface area (Å²) in [5.41, 5.74) is 5.16. The van der Waals surface area contributed by atoms with Crippen molar-refractivity contribution in [1.82, 2.24) is 9.88 Å². The Morgan fingerprint density at radius 1 is 1.19 bits per heavy atom. The fourth-order valence-electron chi connectivity index (χ4n) is 3.66. The summed E-state index contributed by atoms with van der Waals surface area (Å²) in [4.78, 5) is 13.2. The number of halogens is 2. The van der Waals surface area contributed by atoms with Crippen LogP contribution in [0.15, 0.2) is 57.9 Å². The minimum Gasteiger partial charge on any atom is -0.357 e. The molecule has 3 aromatic rings. The Morgan fingerprint density at radius 3 is 2.61 bits per heavy atom. The fourth-order valence-corrected chi connectivity index (χ4v) is 4.97. The molecule has 0 spiro atoms. The molecule has 0 saturated carbocycles. The topological polar surface area (TPSA) is 46.1 Å². The molecule has 2 heterocycles. The van der Waals surface area contributed by atoms with Gasteiger partial charge in [0, 0.05) is 21.5 Å². The van der Waals surface area contributed by atoms with Crippen molar-refractivity contribution in [1.29, 1.82) is 0 Å². The van der Waals surface area contributed by atoms with Gasteiger partial charge in [-0.25, -0.2) is 4.39 Å². The number of carbonyl (C=O) groups is 1. The summed E-state index contributed by atoms with van der Waals surface area (Å²) in [5, 5.41) is 6.30. The van der Waals surface area contributed by atoms with Crippen molar-refractivity contribution in [2.45, 2.75) is 32.7 Å². The molecule has 4 nitrogen and oxygen atoms in total. The maximum absolute atomic E-state index is 14.5. The van der Waals surface area contributed by atoms with E-state index in [9.17, 15) is 9.18 Å². The van der Waals surface area contributed by atoms with Crippen molar-refractivity contribution in [3.8, 4) is 5.69 Å². The normalized spacial score (nSPS) is 17.3. The summed E-state index contributed by atoms with van der Waals surface area (Å²) < 4.78 is 17.1. The van der Waals surface area contributed by atoms with E-state index in [0.717, 1.165) is 29.1 Å². The van der Waals surface area contributed by atoms with Crippen LogP contribution in [0.25, 0.3) is 11.8 Å². The van der Waals surface area contributed by atoms with Crippen LogP contribution >= 0.6 is 27.7 Å². The van der Waals surface area contributed by atoms with Crippen LogP contribution in [0.1, 0.15) is 29.4 Å². The lowest BCUT2D eigenvalue weighted by molar-refractivity contribution is -0.116. The third kappa shape index (κ3) is 4.57. The smallest absolute Gasteiger partial charge is 0.260 e. The number of aromatic nitrogens is 1. The Balaban J connectivity index is 1.56. The summed E-state index contributed by atoms with van der Waals surface area (Å²) in [6.45, 7) is 5.99. The average Bonchev–Trinajstić information content (AvgIpc) is 3.21. The zero-order valence-electron chi connectivity index (χ0n) is 17.5. The van der Waals surface area contributed by atoms with Crippen LogP contribution in [0, 0.1) is 19.7 Å². The average molecular weight is 500 g/mol. The molecule has 160 valence electrons. The summed E-state index contributed by atoms with van der Waals surface area (Å²) in [7, 11) is 0. The molecule has 0 radical (unpaired) electrons. The minimum atomic E-state index is -0.304. The third-order valence-electron chi connectivity index (χ3n) is 5.30. The Hall–Kier alpha value is -2.51. The van der Waals surface area contributed by atoms with Gasteiger partial charge < -0.3 is 15.2 Å². The van der Waals surface area contributed by atoms with Gasteiger partial charge in [0.15, 0.2) is 5.50 Å². The van der Waals surface area contributed by atoms with Crippen LogP contribution < -0.4 is 10.6 Å². The Kier molecular flexibility index (Phi) is 6.25. The number of nitrogens with one attached hydrogen (secondary N) is 2. The molecule has 0 bridgehead atoms. The van der Waals surface area contributed by atoms with Crippen molar-refractivity contribution in [2.75, 3.05) is 5.32 Å². The van der Waals surface area contributed by atoms with E-state index >= 15 is 0 Å². The number of hydrogen-bond acceptors (Lipinski definition) is 3. The molecule has 1 aliphatic heterocycles. The largest absolute Gasteiger partial charge is 0.357 e. The van der Waals surface area contributed by atoms with Gasteiger partial charge in [-0.3, -0.25) is 4.79 Å². The van der Waals surface area contributed by atoms with Gasteiger partial charge in [-0.15, -0.1) is 0 Å². The monoisotopic (exact) mass is 499 g/mol. The number of nitrogens with zero attached hydrogens (tertiary/aromatic N) is 1. The summed E-state index contributed by atoms with van der Waals surface area (Å²) in [5.74, 6) is -0.422. The van der Waals surface area contributed by atoms with Crippen LogP contribution in [0.2, 0.25) is 0 Å². The lowest BCUT2D eigenvalue weighted by Gasteiger charge is -2.13. The van der Waals surface area contributed by atoms with Crippen molar-refractivity contribution >= 4 is 45.4 Å². The minimum absolute atomic E-state index is 0.118. The highest BCUT2D eigenvalue weighted by atomic mass is 79.9.